The van der Waals surface area contributed by atoms with Gasteiger partial charge in [-0.05, 0) is 29.1 Å². The highest BCUT2D eigenvalue weighted by Gasteiger charge is 2.22. The smallest absolute Gasteiger partial charge is 0.239 e. The fourth-order valence-electron chi connectivity index (χ4n) is 3.45. The van der Waals surface area contributed by atoms with Crippen molar-refractivity contribution < 1.29 is 28.1 Å². The summed E-state index contributed by atoms with van der Waals surface area (Å²) >= 11 is 1.46. The number of rotatable bonds is 11. The molecule has 36 heavy (non-hydrogen) atoms. The molecule has 0 saturated carbocycles. The van der Waals surface area contributed by atoms with Gasteiger partial charge in [0.15, 0.2) is 11.5 Å². The first-order chi connectivity index (χ1) is 17.5. The molecular weight excluding hydrogens is 502 g/mol. The van der Waals surface area contributed by atoms with Crippen molar-refractivity contribution in [1.82, 2.24) is 10.2 Å². The van der Waals surface area contributed by atoms with Crippen LogP contribution in [0, 0.1) is 0 Å². The number of benzene rings is 2. The largest absolute Gasteiger partial charge is 0.454 e. The van der Waals surface area contributed by atoms with Gasteiger partial charge in [0.05, 0.1) is 13.1 Å². The highest BCUT2D eigenvalue weighted by molar-refractivity contribution is 7.86. The summed E-state index contributed by atoms with van der Waals surface area (Å²) in [6, 6.07) is 18.1. The van der Waals surface area contributed by atoms with Crippen LogP contribution >= 0.6 is 11.3 Å². The fraction of sp³-hybridized carbons (Fsp3) is 0.240. The SMILES string of the molecule is O=C(CN(Cc1cccs1)C(=O)C[S@](=O)CC(=O)Nc1ccc2c(c1)OCO2)NCc1ccccc1. The molecule has 0 unspecified atom stereocenters. The van der Waals surface area contributed by atoms with Crippen molar-refractivity contribution in [1.29, 1.82) is 0 Å². The van der Waals surface area contributed by atoms with Gasteiger partial charge in [-0.25, -0.2) is 0 Å². The van der Waals surface area contributed by atoms with Gasteiger partial charge >= 0.3 is 0 Å². The minimum atomic E-state index is -1.76. The molecule has 1 aliphatic rings. The van der Waals surface area contributed by atoms with Crippen LogP contribution in [0.2, 0.25) is 0 Å². The van der Waals surface area contributed by atoms with Crippen molar-refractivity contribution in [3.63, 3.8) is 0 Å². The van der Waals surface area contributed by atoms with Gasteiger partial charge in [0.1, 0.15) is 11.5 Å². The van der Waals surface area contributed by atoms with E-state index in [9.17, 15) is 18.6 Å². The van der Waals surface area contributed by atoms with Crippen LogP contribution in [0.25, 0.3) is 0 Å². The molecule has 188 valence electrons. The number of ether oxygens (including phenoxy) is 2. The normalized spacial score (nSPS) is 12.6. The maximum atomic E-state index is 13.0. The van der Waals surface area contributed by atoms with Gasteiger partial charge in [-0.2, -0.15) is 0 Å². The number of fused-ring (bicyclic) bond motifs is 1. The molecule has 1 aliphatic heterocycles. The summed E-state index contributed by atoms with van der Waals surface area (Å²) in [6.45, 7) is 0.498. The standard InChI is InChI=1S/C25H25N3O6S2/c29-23(26-12-18-5-2-1-3-6-18)14-28(13-20-7-4-10-35-20)25(31)16-36(32)15-24(30)27-19-8-9-21-22(11-19)34-17-33-21/h1-11H,12-17H2,(H,26,29)(H,27,30)/t36-/m1/s1. The average molecular weight is 528 g/mol. The van der Waals surface area contributed by atoms with E-state index < -0.39 is 22.6 Å². The molecule has 1 aromatic heterocycles. The van der Waals surface area contributed by atoms with E-state index in [2.05, 4.69) is 10.6 Å². The third-order valence-electron chi connectivity index (χ3n) is 5.18. The Morgan fingerprint density at radius 3 is 2.53 bits per heavy atom. The molecule has 0 bridgehead atoms. The second-order valence-electron chi connectivity index (χ2n) is 7.94. The highest BCUT2D eigenvalue weighted by Crippen LogP contribution is 2.34. The molecule has 4 rings (SSSR count). The number of carbonyl (C=O) groups excluding carboxylic acids is 3. The first kappa shape index (κ1) is 25.4. The van der Waals surface area contributed by atoms with Crippen molar-refractivity contribution in [2.24, 2.45) is 0 Å². The number of nitrogens with one attached hydrogen (secondary N) is 2. The lowest BCUT2D eigenvalue weighted by molar-refractivity contribution is -0.134. The Kier molecular flexibility index (Phi) is 8.69. The van der Waals surface area contributed by atoms with E-state index in [4.69, 9.17) is 9.47 Å². The summed E-state index contributed by atoms with van der Waals surface area (Å²) in [5.74, 6) is -0.910. The number of hydrogen-bond acceptors (Lipinski definition) is 7. The van der Waals surface area contributed by atoms with Crippen molar-refractivity contribution in [3.05, 3.63) is 76.5 Å². The lowest BCUT2D eigenvalue weighted by atomic mass is 10.2. The summed E-state index contributed by atoms with van der Waals surface area (Å²) in [4.78, 5) is 40.1. The van der Waals surface area contributed by atoms with Gasteiger partial charge in [-0.15, -0.1) is 11.3 Å². The van der Waals surface area contributed by atoms with Crippen LogP contribution in [-0.4, -0.2) is 51.7 Å². The molecule has 3 aromatic rings. The maximum absolute atomic E-state index is 13.0. The molecular formula is C25H25N3O6S2. The monoisotopic (exact) mass is 527 g/mol. The zero-order chi connectivity index (χ0) is 25.3. The van der Waals surface area contributed by atoms with Crippen LogP contribution in [-0.2, 0) is 38.3 Å². The predicted octanol–water partition coefficient (Wildman–Crippen LogP) is 2.51. The fourth-order valence-corrected chi connectivity index (χ4v) is 5.09. The number of anilines is 1. The Bertz CT molecular complexity index is 1230. The second-order valence-corrected chi connectivity index (χ2v) is 10.4. The molecule has 1 atom stereocenters. The van der Waals surface area contributed by atoms with Crippen LogP contribution in [0.3, 0.4) is 0 Å². The van der Waals surface area contributed by atoms with E-state index in [1.165, 1.54) is 16.2 Å². The Morgan fingerprint density at radius 2 is 1.75 bits per heavy atom. The minimum absolute atomic E-state index is 0.116. The lowest BCUT2D eigenvalue weighted by Gasteiger charge is -2.21. The molecule has 0 radical (unpaired) electrons. The highest BCUT2D eigenvalue weighted by atomic mass is 32.2. The quantitative estimate of drug-likeness (QED) is 0.396. The number of thiophene rings is 1. The van der Waals surface area contributed by atoms with E-state index in [0.29, 0.717) is 23.7 Å². The van der Waals surface area contributed by atoms with Gasteiger partial charge in [-0.1, -0.05) is 36.4 Å². The van der Waals surface area contributed by atoms with E-state index in [0.717, 1.165) is 10.4 Å². The summed E-state index contributed by atoms with van der Waals surface area (Å²) in [7, 11) is -1.76. The van der Waals surface area contributed by atoms with Gasteiger partial charge in [0, 0.05) is 34.0 Å². The molecule has 11 heteroatoms. The predicted molar refractivity (Wildman–Crippen MR) is 137 cm³/mol. The van der Waals surface area contributed by atoms with Gasteiger partial charge in [0.25, 0.3) is 0 Å². The number of carbonyl (C=O) groups is 3. The van der Waals surface area contributed by atoms with E-state index in [-0.39, 0.29) is 37.3 Å². The van der Waals surface area contributed by atoms with Crippen molar-refractivity contribution in [3.8, 4) is 11.5 Å². The summed E-state index contributed by atoms with van der Waals surface area (Å²) in [5, 5.41) is 7.34. The van der Waals surface area contributed by atoms with Gasteiger partial charge in [0.2, 0.25) is 24.5 Å². The Labute approximate surface area is 214 Å². The molecule has 2 heterocycles. The lowest BCUT2D eigenvalue weighted by Crippen LogP contribution is -2.42. The van der Waals surface area contributed by atoms with Gasteiger partial charge < -0.3 is 25.0 Å². The van der Waals surface area contributed by atoms with E-state index in [1.54, 1.807) is 18.2 Å². The second kappa shape index (κ2) is 12.3. The van der Waals surface area contributed by atoms with Crippen molar-refractivity contribution in [2.45, 2.75) is 13.1 Å². The third-order valence-corrected chi connectivity index (χ3v) is 7.19. The summed E-state index contributed by atoms with van der Waals surface area (Å²) in [6.07, 6.45) is 0. The van der Waals surface area contributed by atoms with Gasteiger partial charge in [-0.3, -0.25) is 18.6 Å². The third kappa shape index (κ3) is 7.40. The van der Waals surface area contributed by atoms with Crippen molar-refractivity contribution in [2.75, 3.05) is 30.2 Å². The zero-order valence-corrected chi connectivity index (χ0v) is 20.9. The number of hydrogen-bond donors (Lipinski definition) is 2. The van der Waals surface area contributed by atoms with E-state index >= 15 is 0 Å². The topological polar surface area (TPSA) is 114 Å². The Balaban J connectivity index is 1.30. The average Bonchev–Trinajstić information content (AvgIpc) is 3.54. The summed E-state index contributed by atoms with van der Waals surface area (Å²) < 4.78 is 23.1. The number of amides is 3. The number of nitrogens with zero attached hydrogens (tertiary/aromatic N) is 1. The van der Waals surface area contributed by atoms with Crippen LogP contribution in [0.15, 0.2) is 66.0 Å². The molecule has 0 fully saturated rings. The maximum Gasteiger partial charge on any atom is 0.239 e. The summed E-state index contributed by atoms with van der Waals surface area (Å²) in [5.41, 5.74) is 1.42. The zero-order valence-electron chi connectivity index (χ0n) is 19.3. The Morgan fingerprint density at radius 1 is 0.944 bits per heavy atom. The first-order valence-corrected chi connectivity index (χ1v) is 13.5. The van der Waals surface area contributed by atoms with Crippen LogP contribution in [0.1, 0.15) is 10.4 Å². The molecule has 3 amide bonds. The molecule has 2 aromatic carbocycles. The molecule has 0 saturated heterocycles. The molecule has 2 N–H and O–H groups in total. The molecule has 9 nitrogen and oxygen atoms in total. The van der Waals surface area contributed by atoms with Crippen LogP contribution in [0.5, 0.6) is 11.5 Å². The van der Waals surface area contributed by atoms with Crippen LogP contribution in [0.4, 0.5) is 5.69 Å². The minimum Gasteiger partial charge on any atom is -0.454 e. The molecule has 0 aliphatic carbocycles. The van der Waals surface area contributed by atoms with Crippen molar-refractivity contribution >= 4 is 45.5 Å². The Hall–Kier alpha value is -3.70. The van der Waals surface area contributed by atoms with E-state index in [1.807, 2.05) is 47.8 Å². The molecule has 0 spiro atoms. The van der Waals surface area contributed by atoms with Crippen LogP contribution < -0.4 is 20.1 Å². The first-order valence-electron chi connectivity index (χ1n) is 11.1.